The lowest BCUT2D eigenvalue weighted by atomic mass is 10.3. The summed E-state index contributed by atoms with van der Waals surface area (Å²) in [5.74, 6) is -0.339. The Hall–Kier alpha value is -2.08. The Morgan fingerprint density at radius 3 is 2.86 bits per heavy atom. The number of rotatable bonds is 5. The first-order chi connectivity index (χ1) is 10.2. The number of hydrogen-bond donors (Lipinski definition) is 2. The van der Waals surface area contributed by atoms with Crippen molar-refractivity contribution in [1.82, 2.24) is 10.3 Å². The van der Waals surface area contributed by atoms with Gasteiger partial charge in [-0.05, 0) is 36.6 Å². The smallest absolute Gasteiger partial charge is 0.319 e. The average molecular weight is 305 g/mol. The van der Waals surface area contributed by atoms with Crippen molar-refractivity contribution in [1.29, 1.82) is 0 Å². The number of nitrogens with zero attached hydrogens (tertiary/aromatic N) is 1. The lowest BCUT2D eigenvalue weighted by Gasteiger charge is -2.08. The van der Waals surface area contributed by atoms with Crippen LogP contribution >= 0.6 is 11.8 Å². The fourth-order valence-corrected chi connectivity index (χ4v) is 2.23. The number of anilines is 1. The van der Waals surface area contributed by atoms with Gasteiger partial charge in [-0.3, -0.25) is 4.98 Å². The molecule has 0 fully saturated rings. The SMILES string of the molecule is CSc1ccc(NC(=O)NCCc2ccccn2)cc1F. The molecule has 0 saturated heterocycles. The minimum atomic E-state index is -0.359. The zero-order valence-electron chi connectivity index (χ0n) is 11.6. The molecule has 2 aromatic rings. The molecule has 2 rings (SSSR count). The maximum atomic E-state index is 13.6. The number of carbonyl (C=O) groups is 1. The quantitative estimate of drug-likeness (QED) is 0.833. The Morgan fingerprint density at radius 2 is 2.19 bits per heavy atom. The molecule has 0 aliphatic carbocycles. The van der Waals surface area contributed by atoms with E-state index in [1.54, 1.807) is 24.6 Å². The Balaban J connectivity index is 1.80. The Morgan fingerprint density at radius 1 is 1.33 bits per heavy atom. The molecule has 0 bridgehead atoms. The van der Waals surface area contributed by atoms with Crippen molar-refractivity contribution in [3.8, 4) is 0 Å². The van der Waals surface area contributed by atoms with Gasteiger partial charge in [-0.25, -0.2) is 9.18 Å². The van der Waals surface area contributed by atoms with E-state index in [2.05, 4.69) is 15.6 Å². The monoisotopic (exact) mass is 305 g/mol. The number of nitrogens with one attached hydrogen (secondary N) is 2. The zero-order chi connectivity index (χ0) is 15.1. The molecule has 21 heavy (non-hydrogen) atoms. The van der Waals surface area contributed by atoms with E-state index >= 15 is 0 Å². The largest absolute Gasteiger partial charge is 0.337 e. The van der Waals surface area contributed by atoms with Gasteiger partial charge < -0.3 is 10.6 Å². The first-order valence-electron chi connectivity index (χ1n) is 6.47. The van der Waals surface area contributed by atoms with E-state index in [-0.39, 0.29) is 11.8 Å². The highest BCUT2D eigenvalue weighted by Crippen LogP contribution is 2.22. The number of pyridine rings is 1. The number of urea groups is 1. The highest BCUT2D eigenvalue weighted by atomic mass is 32.2. The van der Waals surface area contributed by atoms with Crippen molar-refractivity contribution >= 4 is 23.5 Å². The van der Waals surface area contributed by atoms with Crippen LogP contribution in [0.2, 0.25) is 0 Å². The predicted octanol–water partition coefficient (Wildman–Crippen LogP) is 3.31. The van der Waals surface area contributed by atoms with Crippen molar-refractivity contribution in [2.24, 2.45) is 0 Å². The number of thioether (sulfide) groups is 1. The maximum Gasteiger partial charge on any atom is 0.319 e. The average Bonchev–Trinajstić information content (AvgIpc) is 2.48. The molecule has 0 unspecified atom stereocenters. The zero-order valence-corrected chi connectivity index (χ0v) is 12.4. The molecule has 1 aromatic carbocycles. The first-order valence-corrected chi connectivity index (χ1v) is 7.70. The van der Waals surface area contributed by atoms with Gasteiger partial charge in [0.1, 0.15) is 5.82 Å². The fourth-order valence-electron chi connectivity index (χ4n) is 1.77. The molecule has 6 heteroatoms. The van der Waals surface area contributed by atoms with Crippen LogP contribution < -0.4 is 10.6 Å². The summed E-state index contributed by atoms with van der Waals surface area (Å²) in [5.41, 5.74) is 1.34. The number of halogens is 1. The van der Waals surface area contributed by atoms with Crippen LogP contribution in [0.1, 0.15) is 5.69 Å². The minimum absolute atomic E-state index is 0.339. The molecule has 0 spiro atoms. The molecule has 4 nitrogen and oxygen atoms in total. The Labute approximate surface area is 127 Å². The summed E-state index contributed by atoms with van der Waals surface area (Å²) in [6, 6.07) is 9.91. The molecule has 0 radical (unpaired) electrons. The fraction of sp³-hybridized carbons (Fsp3) is 0.200. The molecule has 1 heterocycles. The van der Waals surface area contributed by atoms with E-state index in [1.807, 2.05) is 18.2 Å². The predicted molar refractivity (Wildman–Crippen MR) is 83.1 cm³/mol. The topological polar surface area (TPSA) is 54.0 Å². The van der Waals surface area contributed by atoms with Gasteiger partial charge in [-0.15, -0.1) is 11.8 Å². The second-order valence-corrected chi connectivity index (χ2v) is 5.15. The molecule has 0 saturated carbocycles. The molecule has 2 amide bonds. The maximum absolute atomic E-state index is 13.6. The van der Waals surface area contributed by atoms with Crippen LogP contribution in [0.15, 0.2) is 47.5 Å². The van der Waals surface area contributed by atoms with Crippen molar-refractivity contribution in [2.75, 3.05) is 18.1 Å². The highest BCUT2D eigenvalue weighted by molar-refractivity contribution is 7.98. The van der Waals surface area contributed by atoms with Crippen LogP contribution in [0.25, 0.3) is 0 Å². The number of aromatic nitrogens is 1. The Bertz CT molecular complexity index is 607. The van der Waals surface area contributed by atoms with E-state index in [9.17, 15) is 9.18 Å². The van der Waals surface area contributed by atoms with Crippen molar-refractivity contribution in [2.45, 2.75) is 11.3 Å². The van der Waals surface area contributed by atoms with E-state index in [4.69, 9.17) is 0 Å². The second kappa shape index (κ2) is 7.64. The Kier molecular flexibility index (Phi) is 5.57. The second-order valence-electron chi connectivity index (χ2n) is 4.30. The van der Waals surface area contributed by atoms with Gasteiger partial charge in [-0.1, -0.05) is 6.07 Å². The minimum Gasteiger partial charge on any atom is -0.337 e. The third-order valence-corrected chi connectivity index (χ3v) is 3.57. The van der Waals surface area contributed by atoms with E-state index in [0.29, 0.717) is 23.5 Å². The van der Waals surface area contributed by atoms with Gasteiger partial charge in [0.2, 0.25) is 0 Å². The highest BCUT2D eigenvalue weighted by Gasteiger charge is 2.05. The third-order valence-electron chi connectivity index (χ3n) is 2.80. The van der Waals surface area contributed by atoms with Crippen molar-refractivity contribution in [3.63, 3.8) is 0 Å². The number of amides is 2. The summed E-state index contributed by atoms with van der Waals surface area (Å²) in [6.45, 7) is 0.466. The molecule has 1 aromatic heterocycles. The van der Waals surface area contributed by atoms with E-state index in [1.165, 1.54) is 17.8 Å². The summed E-state index contributed by atoms with van der Waals surface area (Å²) in [7, 11) is 0. The number of benzene rings is 1. The van der Waals surface area contributed by atoms with Gasteiger partial charge >= 0.3 is 6.03 Å². The standard InChI is InChI=1S/C15H16FN3OS/c1-21-14-6-5-12(10-13(14)16)19-15(20)18-9-7-11-4-2-3-8-17-11/h2-6,8,10H,7,9H2,1H3,(H2,18,19,20). The van der Waals surface area contributed by atoms with Crippen LogP contribution in [0.3, 0.4) is 0 Å². The van der Waals surface area contributed by atoms with E-state index < -0.39 is 0 Å². The molecular weight excluding hydrogens is 289 g/mol. The van der Waals surface area contributed by atoms with Gasteiger partial charge in [0.25, 0.3) is 0 Å². The van der Waals surface area contributed by atoms with Crippen LogP contribution in [0.5, 0.6) is 0 Å². The van der Waals surface area contributed by atoms with Crippen molar-refractivity contribution in [3.05, 3.63) is 54.1 Å². The lowest BCUT2D eigenvalue weighted by molar-refractivity contribution is 0.252. The van der Waals surface area contributed by atoms with Gasteiger partial charge in [-0.2, -0.15) is 0 Å². The summed E-state index contributed by atoms with van der Waals surface area (Å²) in [5, 5.41) is 5.31. The molecule has 2 N–H and O–H groups in total. The van der Waals surface area contributed by atoms with Crippen LogP contribution in [-0.4, -0.2) is 23.8 Å². The first kappa shape index (κ1) is 15.3. The molecule has 0 atom stereocenters. The van der Waals surface area contributed by atoms with Gasteiger partial charge in [0, 0.05) is 35.4 Å². The van der Waals surface area contributed by atoms with Crippen LogP contribution in [0, 0.1) is 5.82 Å². The number of hydrogen-bond acceptors (Lipinski definition) is 3. The summed E-state index contributed by atoms with van der Waals surface area (Å²) in [6.07, 6.45) is 4.16. The summed E-state index contributed by atoms with van der Waals surface area (Å²) < 4.78 is 13.6. The molecular formula is C15H16FN3OS. The molecule has 0 aliphatic heterocycles. The lowest BCUT2D eigenvalue weighted by Crippen LogP contribution is -2.30. The number of carbonyl (C=O) groups excluding carboxylic acids is 1. The normalized spacial score (nSPS) is 10.2. The van der Waals surface area contributed by atoms with Crippen LogP contribution in [-0.2, 0) is 6.42 Å². The van der Waals surface area contributed by atoms with E-state index in [0.717, 1.165) is 5.69 Å². The summed E-state index contributed by atoms with van der Waals surface area (Å²) >= 11 is 1.32. The van der Waals surface area contributed by atoms with Crippen molar-refractivity contribution < 1.29 is 9.18 Å². The van der Waals surface area contributed by atoms with Gasteiger partial charge in [0.15, 0.2) is 0 Å². The van der Waals surface area contributed by atoms with Crippen LogP contribution in [0.4, 0.5) is 14.9 Å². The molecule has 110 valence electrons. The third kappa shape index (κ3) is 4.75. The molecule has 0 aliphatic rings. The summed E-state index contributed by atoms with van der Waals surface area (Å²) in [4.78, 5) is 16.4. The van der Waals surface area contributed by atoms with Gasteiger partial charge in [0.05, 0.1) is 0 Å².